The molecular formula is C16H12N2S. The lowest BCUT2D eigenvalue weighted by molar-refractivity contribution is 1.31. The van der Waals surface area contributed by atoms with Crippen LogP contribution in [0.5, 0.6) is 0 Å². The smallest absolute Gasteiger partial charge is 0.124 e. The van der Waals surface area contributed by atoms with Gasteiger partial charge in [0.05, 0.1) is 5.69 Å². The molecule has 0 fully saturated rings. The van der Waals surface area contributed by atoms with E-state index in [-0.39, 0.29) is 0 Å². The number of hydrogen-bond acceptors (Lipinski definition) is 3. The summed E-state index contributed by atoms with van der Waals surface area (Å²) >= 11 is 1.77. The maximum atomic E-state index is 5.84. The molecule has 1 aromatic heterocycles. The Bertz CT molecular complexity index is 774. The molecule has 2 N–H and O–H groups in total. The zero-order valence-electron chi connectivity index (χ0n) is 10.3. The number of nitrogens with zero attached hydrogens (tertiary/aromatic N) is 1. The van der Waals surface area contributed by atoms with Gasteiger partial charge in [0.25, 0.3) is 0 Å². The molecule has 2 aromatic carbocycles. The molecule has 4 rings (SSSR count). The molecule has 1 aliphatic carbocycles. The van der Waals surface area contributed by atoms with E-state index >= 15 is 0 Å². The van der Waals surface area contributed by atoms with Gasteiger partial charge in [-0.05, 0) is 17.7 Å². The molecule has 0 radical (unpaired) electrons. The van der Waals surface area contributed by atoms with E-state index in [1.54, 1.807) is 11.3 Å². The molecule has 1 aliphatic rings. The lowest BCUT2D eigenvalue weighted by atomic mass is 10.1. The number of nitrogens with two attached hydrogens (primary N) is 1. The van der Waals surface area contributed by atoms with Crippen LogP contribution in [0.2, 0.25) is 0 Å². The van der Waals surface area contributed by atoms with Crippen LogP contribution < -0.4 is 5.73 Å². The van der Waals surface area contributed by atoms with Gasteiger partial charge in [-0.15, -0.1) is 11.3 Å². The first kappa shape index (κ1) is 10.8. The Balaban J connectivity index is 1.85. The first-order valence-corrected chi connectivity index (χ1v) is 7.07. The fourth-order valence-electron chi connectivity index (χ4n) is 2.56. The molecule has 0 unspecified atom stereocenters. The largest absolute Gasteiger partial charge is 0.399 e. The monoisotopic (exact) mass is 264 g/mol. The lowest BCUT2D eigenvalue weighted by Crippen LogP contribution is -1.85. The van der Waals surface area contributed by atoms with Crippen molar-refractivity contribution < 1.29 is 0 Å². The zero-order chi connectivity index (χ0) is 12.8. The Morgan fingerprint density at radius 2 is 1.95 bits per heavy atom. The minimum atomic E-state index is 0.785. The van der Waals surface area contributed by atoms with Crippen molar-refractivity contribution in [3.05, 3.63) is 59.0 Å². The molecule has 3 heteroatoms. The number of rotatable bonds is 1. The summed E-state index contributed by atoms with van der Waals surface area (Å²) in [7, 11) is 0. The van der Waals surface area contributed by atoms with Crippen molar-refractivity contribution >= 4 is 17.0 Å². The normalized spacial score (nSPS) is 12.2. The third-order valence-corrected chi connectivity index (χ3v) is 4.56. The molecule has 0 atom stereocenters. The van der Waals surface area contributed by atoms with Crippen LogP contribution in [0.25, 0.3) is 21.8 Å². The highest BCUT2D eigenvalue weighted by Crippen LogP contribution is 2.42. The summed E-state index contributed by atoms with van der Waals surface area (Å²) in [6.07, 6.45) is 1.01. The Morgan fingerprint density at radius 1 is 1.05 bits per heavy atom. The number of benzene rings is 2. The van der Waals surface area contributed by atoms with Crippen LogP contribution in [0.1, 0.15) is 10.4 Å². The summed E-state index contributed by atoms with van der Waals surface area (Å²) in [5, 5.41) is 1.06. The summed E-state index contributed by atoms with van der Waals surface area (Å²) in [5.41, 5.74) is 11.6. The van der Waals surface area contributed by atoms with Crippen LogP contribution in [0, 0.1) is 0 Å². The molecule has 0 bridgehead atoms. The van der Waals surface area contributed by atoms with E-state index in [9.17, 15) is 0 Å². The van der Waals surface area contributed by atoms with Crippen molar-refractivity contribution in [1.82, 2.24) is 4.98 Å². The van der Waals surface area contributed by atoms with Gasteiger partial charge < -0.3 is 5.73 Å². The summed E-state index contributed by atoms with van der Waals surface area (Å²) < 4.78 is 0. The van der Waals surface area contributed by atoms with E-state index < -0.39 is 0 Å². The maximum absolute atomic E-state index is 5.84. The highest BCUT2D eigenvalue weighted by Gasteiger charge is 2.23. The minimum Gasteiger partial charge on any atom is -0.399 e. The lowest BCUT2D eigenvalue weighted by Gasteiger charge is -2.00. The second kappa shape index (κ2) is 3.93. The number of fused-ring (bicyclic) bond motifs is 3. The number of thiazole rings is 1. The van der Waals surface area contributed by atoms with Gasteiger partial charge in [-0.25, -0.2) is 4.98 Å². The van der Waals surface area contributed by atoms with Gasteiger partial charge in [-0.3, -0.25) is 0 Å². The first-order valence-electron chi connectivity index (χ1n) is 6.25. The quantitative estimate of drug-likeness (QED) is 0.528. The molecule has 0 aliphatic heterocycles. The van der Waals surface area contributed by atoms with Gasteiger partial charge in [0, 0.05) is 28.1 Å². The van der Waals surface area contributed by atoms with E-state index in [2.05, 4.69) is 30.3 Å². The molecule has 1 heterocycles. The highest BCUT2D eigenvalue weighted by molar-refractivity contribution is 7.15. The molecule has 0 spiro atoms. The third-order valence-electron chi connectivity index (χ3n) is 3.45. The van der Waals surface area contributed by atoms with E-state index in [1.165, 1.54) is 16.0 Å². The summed E-state index contributed by atoms with van der Waals surface area (Å²) in [6, 6.07) is 16.4. The fourth-order valence-corrected chi connectivity index (χ4v) is 3.65. The van der Waals surface area contributed by atoms with E-state index in [4.69, 9.17) is 10.7 Å². The van der Waals surface area contributed by atoms with Gasteiger partial charge in [0.15, 0.2) is 0 Å². The fraction of sp³-hybridized carbons (Fsp3) is 0.0625. The average molecular weight is 264 g/mol. The number of aromatic nitrogens is 1. The van der Waals surface area contributed by atoms with Crippen LogP contribution in [0.4, 0.5) is 5.69 Å². The van der Waals surface area contributed by atoms with Crippen LogP contribution in [0.15, 0.2) is 48.5 Å². The van der Waals surface area contributed by atoms with Crippen molar-refractivity contribution in [1.29, 1.82) is 0 Å². The van der Waals surface area contributed by atoms with E-state index in [0.29, 0.717) is 0 Å². The number of hydrogen-bond donors (Lipinski definition) is 1. The summed E-state index contributed by atoms with van der Waals surface area (Å²) in [5.74, 6) is 0. The Morgan fingerprint density at radius 3 is 2.84 bits per heavy atom. The predicted molar refractivity (Wildman–Crippen MR) is 80.2 cm³/mol. The zero-order valence-corrected chi connectivity index (χ0v) is 11.1. The Hall–Kier alpha value is -2.13. The molecule has 3 aromatic rings. The third kappa shape index (κ3) is 1.66. The van der Waals surface area contributed by atoms with Crippen molar-refractivity contribution in [3.63, 3.8) is 0 Å². The summed E-state index contributed by atoms with van der Waals surface area (Å²) in [6.45, 7) is 0. The van der Waals surface area contributed by atoms with Gasteiger partial charge in [-0.2, -0.15) is 0 Å². The van der Waals surface area contributed by atoms with Crippen molar-refractivity contribution in [2.75, 3.05) is 5.73 Å². The second-order valence-corrected chi connectivity index (χ2v) is 5.83. The first-order chi connectivity index (χ1) is 9.31. The SMILES string of the molecule is Nc1cccc(-c2nc3c(s2)Cc2ccccc2-3)c1. The minimum absolute atomic E-state index is 0.785. The molecule has 19 heavy (non-hydrogen) atoms. The predicted octanol–water partition coefficient (Wildman–Crippen LogP) is 3.96. The van der Waals surface area contributed by atoms with Crippen LogP contribution in [-0.4, -0.2) is 4.98 Å². The van der Waals surface area contributed by atoms with Gasteiger partial charge in [0.2, 0.25) is 0 Å². The number of nitrogen functional groups attached to an aromatic ring is 1. The second-order valence-electron chi connectivity index (χ2n) is 4.75. The van der Waals surface area contributed by atoms with Crippen LogP contribution in [-0.2, 0) is 6.42 Å². The molecule has 2 nitrogen and oxygen atoms in total. The van der Waals surface area contributed by atoms with Gasteiger partial charge in [0.1, 0.15) is 5.01 Å². The molecule has 92 valence electrons. The van der Waals surface area contributed by atoms with Crippen molar-refractivity contribution in [2.45, 2.75) is 6.42 Å². The van der Waals surface area contributed by atoms with Crippen molar-refractivity contribution in [2.24, 2.45) is 0 Å². The van der Waals surface area contributed by atoms with Crippen molar-refractivity contribution in [3.8, 4) is 21.8 Å². The number of anilines is 1. The highest BCUT2D eigenvalue weighted by atomic mass is 32.1. The van der Waals surface area contributed by atoms with Gasteiger partial charge >= 0.3 is 0 Å². The van der Waals surface area contributed by atoms with E-state index in [0.717, 1.165) is 28.4 Å². The maximum Gasteiger partial charge on any atom is 0.124 e. The Labute approximate surface area is 115 Å². The molecule has 0 saturated carbocycles. The van der Waals surface area contributed by atoms with Crippen LogP contribution >= 0.6 is 11.3 Å². The van der Waals surface area contributed by atoms with Crippen LogP contribution in [0.3, 0.4) is 0 Å². The molecule has 0 saturated heterocycles. The average Bonchev–Trinajstić information content (AvgIpc) is 2.96. The van der Waals surface area contributed by atoms with Gasteiger partial charge in [-0.1, -0.05) is 36.4 Å². The topological polar surface area (TPSA) is 38.9 Å². The molecule has 0 amide bonds. The standard InChI is InChI=1S/C16H12N2S/c17-12-6-3-5-11(8-12)16-18-15-13-7-2-1-4-10(13)9-14(15)19-16/h1-8H,9,17H2. The Kier molecular flexibility index (Phi) is 2.23. The van der Waals surface area contributed by atoms with E-state index in [1.807, 2.05) is 18.2 Å². The molecular weight excluding hydrogens is 252 g/mol. The summed E-state index contributed by atoms with van der Waals surface area (Å²) in [4.78, 5) is 6.17.